The van der Waals surface area contributed by atoms with E-state index in [4.69, 9.17) is 23.2 Å². The summed E-state index contributed by atoms with van der Waals surface area (Å²) in [5.41, 5.74) is 2.59. The van der Waals surface area contributed by atoms with Gasteiger partial charge in [0, 0.05) is 6.20 Å². The van der Waals surface area contributed by atoms with E-state index in [-0.39, 0.29) is 21.6 Å². The van der Waals surface area contributed by atoms with Gasteiger partial charge in [-0.2, -0.15) is 5.10 Å². The molecule has 0 unspecified atom stereocenters. The summed E-state index contributed by atoms with van der Waals surface area (Å²) in [6.07, 6.45) is 2.94. The van der Waals surface area contributed by atoms with Crippen LogP contribution in [0.2, 0.25) is 10.3 Å². The molecule has 7 heteroatoms. The lowest BCUT2D eigenvalue weighted by molar-refractivity contribution is 0.103. The Hall–Kier alpha value is -2.24. The molecule has 0 fully saturated rings. The van der Waals surface area contributed by atoms with Crippen molar-refractivity contribution in [1.82, 2.24) is 19.7 Å². The van der Waals surface area contributed by atoms with Crippen molar-refractivity contribution in [1.29, 1.82) is 0 Å². The molecule has 0 aliphatic heterocycles. The Labute approximate surface area is 142 Å². The molecule has 0 aliphatic carbocycles. The van der Waals surface area contributed by atoms with Gasteiger partial charge in [-0.15, -0.1) is 0 Å². The first kappa shape index (κ1) is 15.6. The van der Waals surface area contributed by atoms with Crippen LogP contribution in [-0.4, -0.2) is 25.5 Å². The zero-order valence-corrected chi connectivity index (χ0v) is 13.7. The van der Waals surface area contributed by atoms with E-state index in [0.717, 1.165) is 5.56 Å². The monoisotopic (exact) mass is 346 g/mol. The average Bonchev–Trinajstić information content (AvgIpc) is 2.95. The van der Waals surface area contributed by atoms with Crippen LogP contribution >= 0.6 is 23.2 Å². The number of hydrogen-bond acceptors (Lipinski definition) is 4. The predicted molar refractivity (Wildman–Crippen MR) is 88.0 cm³/mol. The summed E-state index contributed by atoms with van der Waals surface area (Å²) in [5.74, 6) is -0.399. The van der Waals surface area contributed by atoms with Crippen LogP contribution in [0.25, 0.3) is 0 Å². The van der Waals surface area contributed by atoms with E-state index in [1.165, 1.54) is 11.9 Å². The molecule has 5 nitrogen and oxygen atoms in total. The van der Waals surface area contributed by atoms with E-state index in [9.17, 15) is 4.79 Å². The molecule has 0 saturated carbocycles. The third kappa shape index (κ3) is 3.41. The Morgan fingerprint density at radius 1 is 1.17 bits per heavy atom. The molecule has 2 aromatic heterocycles. The van der Waals surface area contributed by atoms with Gasteiger partial charge >= 0.3 is 0 Å². The molecular weight excluding hydrogens is 335 g/mol. The van der Waals surface area contributed by atoms with E-state index in [0.29, 0.717) is 6.54 Å². The molecule has 0 aliphatic rings. The highest BCUT2D eigenvalue weighted by Gasteiger charge is 2.20. The lowest BCUT2D eigenvalue weighted by atomic mass is 10.1. The van der Waals surface area contributed by atoms with E-state index >= 15 is 0 Å². The van der Waals surface area contributed by atoms with Crippen LogP contribution in [0, 0.1) is 6.92 Å². The normalized spacial score (nSPS) is 10.7. The minimum absolute atomic E-state index is 0.0169. The fourth-order valence-electron chi connectivity index (χ4n) is 2.23. The minimum Gasteiger partial charge on any atom is -0.287 e. The number of carbonyl (C=O) groups excluding carboxylic acids is 1. The van der Waals surface area contributed by atoms with E-state index < -0.39 is 5.78 Å². The van der Waals surface area contributed by atoms with Gasteiger partial charge in [-0.05, 0) is 18.6 Å². The molecule has 0 atom stereocenters. The maximum absolute atomic E-state index is 12.5. The third-order valence-electron chi connectivity index (χ3n) is 3.28. The van der Waals surface area contributed by atoms with Gasteiger partial charge < -0.3 is 0 Å². The molecule has 116 valence electrons. The summed E-state index contributed by atoms with van der Waals surface area (Å²) in [6, 6.07) is 9.72. The Morgan fingerprint density at radius 2 is 1.91 bits per heavy atom. The van der Waals surface area contributed by atoms with Crippen LogP contribution in [0.5, 0.6) is 0 Å². The highest BCUT2D eigenvalue weighted by molar-refractivity contribution is 6.39. The van der Waals surface area contributed by atoms with Crippen molar-refractivity contribution >= 4 is 29.0 Å². The minimum atomic E-state index is -0.399. The van der Waals surface area contributed by atoms with Crippen molar-refractivity contribution in [2.75, 3.05) is 0 Å². The van der Waals surface area contributed by atoms with Crippen molar-refractivity contribution < 1.29 is 4.79 Å². The standard InChI is InChI=1S/C16H12Cl2N4O/c1-10-3-2-4-11(7-10)8-22-6-5-12(21-22)14(23)13-15(17)19-9-20-16(13)18/h2-7,9H,8H2,1H3. The number of nitrogens with zero attached hydrogens (tertiary/aromatic N) is 4. The Bertz CT molecular complexity index is 856. The number of hydrogen-bond donors (Lipinski definition) is 0. The molecule has 3 aromatic rings. The lowest BCUT2D eigenvalue weighted by Gasteiger charge is -2.04. The van der Waals surface area contributed by atoms with Crippen LogP contribution in [0.1, 0.15) is 27.2 Å². The van der Waals surface area contributed by atoms with E-state index in [1.54, 1.807) is 16.9 Å². The molecule has 3 rings (SSSR count). The Balaban J connectivity index is 1.86. The van der Waals surface area contributed by atoms with E-state index in [2.05, 4.69) is 21.1 Å². The van der Waals surface area contributed by atoms with Crippen molar-refractivity contribution in [2.24, 2.45) is 0 Å². The molecule has 0 N–H and O–H groups in total. The highest BCUT2D eigenvalue weighted by atomic mass is 35.5. The van der Waals surface area contributed by atoms with Gasteiger partial charge in [0.2, 0.25) is 5.78 Å². The molecule has 0 amide bonds. The van der Waals surface area contributed by atoms with Crippen LogP contribution in [0.3, 0.4) is 0 Å². The summed E-state index contributed by atoms with van der Waals surface area (Å²) < 4.78 is 1.69. The zero-order valence-electron chi connectivity index (χ0n) is 12.2. The highest BCUT2D eigenvalue weighted by Crippen LogP contribution is 2.22. The van der Waals surface area contributed by atoms with Crippen LogP contribution < -0.4 is 0 Å². The predicted octanol–water partition coefficient (Wildman–Crippen LogP) is 3.57. The van der Waals surface area contributed by atoms with E-state index in [1.807, 2.05) is 25.1 Å². The summed E-state index contributed by atoms with van der Waals surface area (Å²) in [4.78, 5) is 20.1. The summed E-state index contributed by atoms with van der Waals surface area (Å²) in [5, 5.41) is 4.32. The summed E-state index contributed by atoms with van der Waals surface area (Å²) in [7, 11) is 0. The maximum Gasteiger partial charge on any atom is 0.219 e. The average molecular weight is 347 g/mol. The zero-order chi connectivity index (χ0) is 16.4. The van der Waals surface area contributed by atoms with Crippen molar-refractivity contribution in [3.8, 4) is 0 Å². The summed E-state index contributed by atoms with van der Waals surface area (Å²) in [6.45, 7) is 2.60. The number of carbonyl (C=O) groups is 1. The topological polar surface area (TPSA) is 60.7 Å². The Kier molecular flexibility index (Phi) is 4.41. The molecular formula is C16H12Cl2N4O. The second-order valence-corrected chi connectivity index (χ2v) is 5.76. The fraction of sp³-hybridized carbons (Fsp3) is 0.125. The second-order valence-electron chi connectivity index (χ2n) is 5.05. The number of aryl methyl sites for hydroxylation is 1. The van der Waals surface area contributed by atoms with Crippen LogP contribution in [0.15, 0.2) is 42.9 Å². The maximum atomic E-state index is 12.5. The van der Waals surface area contributed by atoms with Gasteiger partial charge in [0.25, 0.3) is 0 Å². The number of ketones is 1. The van der Waals surface area contributed by atoms with Gasteiger partial charge in [0.05, 0.1) is 12.1 Å². The molecule has 1 aromatic carbocycles. The molecule has 2 heterocycles. The molecule has 23 heavy (non-hydrogen) atoms. The quantitative estimate of drug-likeness (QED) is 0.535. The number of halogens is 2. The molecule has 0 spiro atoms. The first-order chi connectivity index (χ1) is 11.0. The Morgan fingerprint density at radius 3 is 2.61 bits per heavy atom. The first-order valence-electron chi connectivity index (χ1n) is 6.84. The second kappa shape index (κ2) is 6.48. The molecule has 0 radical (unpaired) electrons. The van der Waals surface area contributed by atoms with Crippen LogP contribution in [0.4, 0.5) is 0 Å². The van der Waals surface area contributed by atoms with Gasteiger partial charge in [-0.3, -0.25) is 9.48 Å². The fourth-order valence-corrected chi connectivity index (χ4v) is 2.71. The summed E-state index contributed by atoms with van der Waals surface area (Å²) >= 11 is 11.9. The van der Waals surface area contributed by atoms with Gasteiger partial charge in [0.1, 0.15) is 22.3 Å². The van der Waals surface area contributed by atoms with Gasteiger partial charge in [0.15, 0.2) is 0 Å². The largest absolute Gasteiger partial charge is 0.287 e. The number of aromatic nitrogens is 4. The van der Waals surface area contributed by atoms with Gasteiger partial charge in [-0.1, -0.05) is 53.0 Å². The lowest BCUT2D eigenvalue weighted by Crippen LogP contribution is -2.08. The molecule has 0 bridgehead atoms. The SMILES string of the molecule is Cc1cccc(Cn2ccc(C(=O)c3c(Cl)ncnc3Cl)n2)c1. The molecule has 0 saturated heterocycles. The number of rotatable bonds is 4. The first-order valence-corrected chi connectivity index (χ1v) is 7.60. The van der Waals surface area contributed by atoms with Crippen molar-refractivity contribution in [2.45, 2.75) is 13.5 Å². The smallest absolute Gasteiger partial charge is 0.219 e. The third-order valence-corrected chi connectivity index (χ3v) is 3.86. The van der Waals surface area contributed by atoms with Gasteiger partial charge in [-0.25, -0.2) is 9.97 Å². The number of benzene rings is 1. The van der Waals surface area contributed by atoms with Crippen molar-refractivity contribution in [3.63, 3.8) is 0 Å². The van der Waals surface area contributed by atoms with Crippen LogP contribution in [-0.2, 0) is 6.54 Å². The van der Waals surface area contributed by atoms with Crippen molar-refractivity contribution in [3.05, 3.63) is 75.5 Å².